The predicted molar refractivity (Wildman–Crippen MR) is 74.7 cm³/mol. The minimum absolute atomic E-state index is 0.164. The highest BCUT2D eigenvalue weighted by Gasteiger charge is 2.19. The second-order valence-electron chi connectivity index (χ2n) is 5.66. The Morgan fingerprint density at radius 1 is 1.44 bits per heavy atom. The molecule has 1 aromatic heterocycles. The first-order valence-electron chi connectivity index (χ1n) is 6.26. The highest BCUT2D eigenvalue weighted by Crippen LogP contribution is 2.25. The predicted octanol–water partition coefficient (Wildman–Crippen LogP) is 2.54. The monoisotopic (exact) mass is 249 g/mol. The van der Waals surface area contributed by atoms with Crippen molar-refractivity contribution in [3.05, 3.63) is 24.0 Å². The lowest BCUT2D eigenvalue weighted by atomic mass is 9.82. The molecule has 1 amide bonds. The molecule has 4 heteroatoms. The van der Waals surface area contributed by atoms with Gasteiger partial charge in [0, 0.05) is 25.5 Å². The molecule has 4 nitrogen and oxygen atoms in total. The number of amides is 1. The summed E-state index contributed by atoms with van der Waals surface area (Å²) in [7, 11) is 1.60. The van der Waals surface area contributed by atoms with Crippen LogP contribution in [0, 0.1) is 11.3 Å². The van der Waals surface area contributed by atoms with Crippen LogP contribution in [0.15, 0.2) is 18.3 Å². The lowest BCUT2D eigenvalue weighted by Crippen LogP contribution is -2.25. The van der Waals surface area contributed by atoms with Crippen molar-refractivity contribution in [3.63, 3.8) is 0 Å². The largest absolute Gasteiger partial charge is 0.385 e. The number of hydrogen-bond donors (Lipinski definition) is 2. The third kappa shape index (κ3) is 4.02. The molecule has 1 aromatic rings. The topological polar surface area (TPSA) is 54.0 Å². The highest BCUT2D eigenvalue weighted by atomic mass is 16.1. The molecule has 0 bridgehead atoms. The molecular weight excluding hydrogens is 226 g/mol. The molecular formula is C14H23N3O. The third-order valence-corrected chi connectivity index (χ3v) is 3.31. The number of anilines is 1. The Bertz CT molecular complexity index is 410. The lowest BCUT2D eigenvalue weighted by molar-refractivity contribution is 0.0958. The van der Waals surface area contributed by atoms with E-state index in [4.69, 9.17) is 0 Å². The molecule has 0 saturated heterocycles. The standard InChI is InChI=1S/C14H23N3O/c1-10(14(2,3)4)9-17-11-6-7-16-12(8-11)13(18)15-5/h6-8,10H,9H2,1-5H3,(H,15,18)(H,16,17). The number of pyridine rings is 1. The van der Waals surface area contributed by atoms with Gasteiger partial charge in [0.1, 0.15) is 5.69 Å². The average molecular weight is 249 g/mol. The first kappa shape index (κ1) is 14.5. The zero-order chi connectivity index (χ0) is 13.8. The number of rotatable bonds is 4. The summed E-state index contributed by atoms with van der Waals surface area (Å²) in [5, 5.41) is 5.92. The van der Waals surface area contributed by atoms with Crippen molar-refractivity contribution in [1.82, 2.24) is 10.3 Å². The Morgan fingerprint density at radius 3 is 2.67 bits per heavy atom. The van der Waals surface area contributed by atoms with Crippen LogP contribution >= 0.6 is 0 Å². The van der Waals surface area contributed by atoms with Crippen LogP contribution in [0.5, 0.6) is 0 Å². The zero-order valence-corrected chi connectivity index (χ0v) is 11.9. The molecule has 2 N–H and O–H groups in total. The van der Waals surface area contributed by atoms with E-state index in [1.165, 1.54) is 0 Å². The zero-order valence-electron chi connectivity index (χ0n) is 11.9. The van der Waals surface area contributed by atoms with Crippen molar-refractivity contribution in [1.29, 1.82) is 0 Å². The number of aromatic nitrogens is 1. The summed E-state index contributed by atoms with van der Waals surface area (Å²) in [5.74, 6) is 0.372. The van der Waals surface area contributed by atoms with Crippen LogP contribution in [0.1, 0.15) is 38.2 Å². The van der Waals surface area contributed by atoms with Gasteiger partial charge in [-0.1, -0.05) is 27.7 Å². The van der Waals surface area contributed by atoms with Crippen molar-refractivity contribution in [2.75, 3.05) is 18.9 Å². The molecule has 100 valence electrons. The first-order chi connectivity index (χ1) is 8.34. The van der Waals surface area contributed by atoms with Crippen LogP contribution in [-0.4, -0.2) is 24.5 Å². The number of nitrogens with zero attached hydrogens (tertiary/aromatic N) is 1. The molecule has 18 heavy (non-hydrogen) atoms. The van der Waals surface area contributed by atoms with E-state index in [2.05, 4.69) is 43.3 Å². The molecule has 0 aliphatic carbocycles. The Labute approximate surface area is 109 Å². The summed E-state index contributed by atoms with van der Waals surface area (Å²) in [4.78, 5) is 15.5. The van der Waals surface area contributed by atoms with Gasteiger partial charge in [0.25, 0.3) is 5.91 Å². The van der Waals surface area contributed by atoms with E-state index in [0.717, 1.165) is 12.2 Å². The molecule has 0 radical (unpaired) electrons. The van der Waals surface area contributed by atoms with Crippen LogP contribution in [0.4, 0.5) is 5.69 Å². The van der Waals surface area contributed by atoms with Gasteiger partial charge in [-0.25, -0.2) is 0 Å². The second kappa shape index (κ2) is 5.85. The Balaban J connectivity index is 2.66. The maximum atomic E-state index is 11.5. The van der Waals surface area contributed by atoms with Crippen LogP contribution in [0.3, 0.4) is 0 Å². The van der Waals surface area contributed by atoms with Gasteiger partial charge in [-0.2, -0.15) is 0 Å². The van der Waals surface area contributed by atoms with Crippen LogP contribution in [-0.2, 0) is 0 Å². The van der Waals surface area contributed by atoms with Gasteiger partial charge in [0.05, 0.1) is 0 Å². The fourth-order valence-corrected chi connectivity index (χ4v) is 1.37. The van der Waals surface area contributed by atoms with Crippen LogP contribution in [0.25, 0.3) is 0 Å². The van der Waals surface area contributed by atoms with Gasteiger partial charge < -0.3 is 10.6 Å². The molecule has 1 heterocycles. The summed E-state index contributed by atoms with van der Waals surface area (Å²) in [6.45, 7) is 9.76. The van der Waals surface area contributed by atoms with Crippen molar-refractivity contribution in [2.45, 2.75) is 27.7 Å². The van der Waals surface area contributed by atoms with Gasteiger partial charge in [-0.3, -0.25) is 9.78 Å². The third-order valence-electron chi connectivity index (χ3n) is 3.31. The smallest absolute Gasteiger partial charge is 0.269 e. The van der Waals surface area contributed by atoms with E-state index in [0.29, 0.717) is 11.6 Å². The normalized spacial score (nSPS) is 12.9. The molecule has 1 atom stereocenters. The van der Waals surface area contributed by atoms with Gasteiger partial charge in [0.15, 0.2) is 0 Å². The average Bonchev–Trinajstić information content (AvgIpc) is 2.34. The summed E-state index contributed by atoms with van der Waals surface area (Å²) >= 11 is 0. The summed E-state index contributed by atoms with van der Waals surface area (Å²) in [5.41, 5.74) is 1.63. The number of carbonyl (C=O) groups excluding carboxylic acids is 1. The van der Waals surface area contributed by atoms with E-state index in [9.17, 15) is 4.79 Å². The van der Waals surface area contributed by atoms with Gasteiger partial charge in [0.2, 0.25) is 0 Å². The van der Waals surface area contributed by atoms with E-state index < -0.39 is 0 Å². The molecule has 0 aliphatic heterocycles. The number of nitrogens with one attached hydrogen (secondary N) is 2. The Morgan fingerprint density at radius 2 is 2.11 bits per heavy atom. The second-order valence-corrected chi connectivity index (χ2v) is 5.66. The van der Waals surface area contributed by atoms with Gasteiger partial charge >= 0.3 is 0 Å². The van der Waals surface area contributed by atoms with Crippen molar-refractivity contribution in [2.24, 2.45) is 11.3 Å². The molecule has 0 saturated carbocycles. The minimum atomic E-state index is -0.164. The van der Waals surface area contributed by atoms with Crippen LogP contribution < -0.4 is 10.6 Å². The van der Waals surface area contributed by atoms with E-state index in [-0.39, 0.29) is 11.3 Å². The van der Waals surface area contributed by atoms with Crippen molar-refractivity contribution in [3.8, 4) is 0 Å². The summed E-state index contributed by atoms with van der Waals surface area (Å²) in [6.07, 6.45) is 1.65. The number of carbonyl (C=O) groups is 1. The fraction of sp³-hybridized carbons (Fsp3) is 0.571. The lowest BCUT2D eigenvalue weighted by Gasteiger charge is -2.27. The molecule has 0 fully saturated rings. The molecule has 0 aromatic carbocycles. The minimum Gasteiger partial charge on any atom is -0.385 e. The molecule has 0 spiro atoms. The van der Waals surface area contributed by atoms with Crippen molar-refractivity contribution < 1.29 is 4.79 Å². The summed E-state index contributed by atoms with van der Waals surface area (Å²) < 4.78 is 0. The number of hydrogen-bond acceptors (Lipinski definition) is 3. The van der Waals surface area contributed by atoms with Crippen molar-refractivity contribution >= 4 is 11.6 Å². The fourth-order valence-electron chi connectivity index (χ4n) is 1.37. The van der Waals surface area contributed by atoms with Gasteiger partial charge in [-0.05, 0) is 23.5 Å². The van der Waals surface area contributed by atoms with Crippen LogP contribution in [0.2, 0.25) is 0 Å². The molecule has 0 aliphatic rings. The maximum absolute atomic E-state index is 11.5. The maximum Gasteiger partial charge on any atom is 0.269 e. The SMILES string of the molecule is CNC(=O)c1cc(NCC(C)C(C)(C)C)ccn1. The van der Waals surface area contributed by atoms with E-state index in [1.807, 2.05) is 6.07 Å². The Kier molecular flexibility index (Phi) is 4.70. The van der Waals surface area contributed by atoms with Gasteiger partial charge in [-0.15, -0.1) is 0 Å². The van der Waals surface area contributed by atoms with E-state index >= 15 is 0 Å². The Hall–Kier alpha value is -1.58. The van der Waals surface area contributed by atoms with E-state index in [1.54, 1.807) is 19.3 Å². The first-order valence-corrected chi connectivity index (χ1v) is 6.26. The molecule has 1 rings (SSSR count). The summed E-state index contributed by atoms with van der Waals surface area (Å²) in [6, 6.07) is 3.65. The quantitative estimate of drug-likeness (QED) is 0.862. The molecule has 1 unspecified atom stereocenters. The highest BCUT2D eigenvalue weighted by molar-refractivity contribution is 5.92.